The molecule has 1 rings (SSSR count). The summed E-state index contributed by atoms with van der Waals surface area (Å²) >= 11 is 0. The monoisotopic (exact) mass is 164 g/mol. The molecule has 0 aliphatic heterocycles. The fourth-order valence-corrected chi connectivity index (χ4v) is 0.917. The van der Waals surface area contributed by atoms with E-state index in [9.17, 15) is 0 Å². The predicted molar refractivity (Wildman–Crippen MR) is 47.4 cm³/mol. The summed E-state index contributed by atoms with van der Waals surface area (Å²) < 4.78 is 5.23. The number of ether oxygens (including phenoxy) is 1. The minimum absolute atomic E-state index is 0.618. The molecule has 0 saturated heterocycles. The van der Waals surface area contributed by atoms with Gasteiger partial charge in [0.2, 0.25) is 0 Å². The first kappa shape index (κ1) is 8.71. The zero-order chi connectivity index (χ0) is 8.97. The molecule has 0 aliphatic carbocycles. The van der Waals surface area contributed by atoms with Crippen LogP contribution in [-0.2, 0) is 4.74 Å². The van der Waals surface area contributed by atoms with E-state index in [0.29, 0.717) is 12.4 Å². The lowest BCUT2D eigenvalue weighted by Crippen LogP contribution is -1.95. The molecule has 1 aromatic heterocycles. The van der Waals surface area contributed by atoms with Crippen LogP contribution in [0.5, 0.6) is 0 Å². The first-order chi connectivity index (χ1) is 5.75. The van der Waals surface area contributed by atoms with E-state index in [1.54, 1.807) is 6.20 Å². The normalized spacial score (nSPS) is 9.50. The first-order valence-corrected chi connectivity index (χ1v) is 3.84. The van der Waals surface area contributed by atoms with E-state index in [2.05, 4.69) is 16.5 Å². The summed E-state index contributed by atoms with van der Waals surface area (Å²) in [5, 5.41) is 0. The highest BCUT2D eigenvalue weighted by molar-refractivity contribution is 5.58. The predicted octanol–water partition coefficient (Wildman–Crippen LogP) is 1.79. The summed E-state index contributed by atoms with van der Waals surface area (Å²) in [6.07, 6.45) is 3.22. The van der Waals surface area contributed by atoms with E-state index >= 15 is 0 Å². The molecule has 0 radical (unpaired) electrons. The largest absolute Gasteiger partial charge is 0.494 e. The van der Waals surface area contributed by atoms with Gasteiger partial charge < -0.3 is 4.74 Å². The SMILES string of the molecule is C=C(OCC)c1cncnc1C. The highest BCUT2D eigenvalue weighted by Crippen LogP contribution is 2.14. The van der Waals surface area contributed by atoms with E-state index in [4.69, 9.17) is 4.74 Å². The Morgan fingerprint density at radius 2 is 2.42 bits per heavy atom. The van der Waals surface area contributed by atoms with Crippen molar-refractivity contribution in [1.29, 1.82) is 0 Å². The number of aromatic nitrogens is 2. The molecular formula is C9H12N2O. The van der Waals surface area contributed by atoms with Gasteiger partial charge in [-0.1, -0.05) is 6.58 Å². The van der Waals surface area contributed by atoms with E-state index in [1.165, 1.54) is 6.33 Å². The fourth-order valence-electron chi connectivity index (χ4n) is 0.917. The average molecular weight is 164 g/mol. The summed E-state index contributed by atoms with van der Waals surface area (Å²) in [6.45, 7) is 8.22. The molecular weight excluding hydrogens is 152 g/mol. The number of hydrogen-bond donors (Lipinski definition) is 0. The second kappa shape index (κ2) is 3.85. The Bertz CT molecular complexity index is 284. The molecule has 0 N–H and O–H groups in total. The molecule has 1 heterocycles. The number of hydrogen-bond acceptors (Lipinski definition) is 3. The van der Waals surface area contributed by atoms with Crippen LogP contribution in [0, 0.1) is 6.92 Å². The van der Waals surface area contributed by atoms with Crippen molar-refractivity contribution in [2.75, 3.05) is 6.61 Å². The Morgan fingerprint density at radius 3 is 3.00 bits per heavy atom. The highest BCUT2D eigenvalue weighted by Gasteiger charge is 2.03. The Kier molecular flexibility index (Phi) is 2.80. The molecule has 0 spiro atoms. The lowest BCUT2D eigenvalue weighted by Gasteiger charge is -2.07. The lowest BCUT2D eigenvalue weighted by atomic mass is 10.2. The Morgan fingerprint density at radius 1 is 1.67 bits per heavy atom. The van der Waals surface area contributed by atoms with Gasteiger partial charge >= 0.3 is 0 Å². The first-order valence-electron chi connectivity index (χ1n) is 3.84. The highest BCUT2D eigenvalue weighted by atomic mass is 16.5. The summed E-state index contributed by atoms with van der Waals surface area (Å²) in [4.78, 5) is 7.93. The Labute approximate surface area is 72.1 Å². The van der Waals surface area contributed by atoms with Gasteiger partial charge in [-0.25, -0.2) is 9.97 Å². The van der Waals surface area contributed by atoms with Gasteiger partial charge in [-0.3, -0.25) is 0 Å². The third-order valence-corrected chi connectivity index (χ3v) is 1.53. The standard InChI is InChI=1S/C9H12N2O/c1-4-12-8(3)9-5-10-6-11-7(9)2/h5-6H,3-4H2,1-2H3. The minimum Gasteiger partial charge on any atom is -0.494 e. The van der Waals surface area contributed by atoms with E-state index in [-0.39, 0.29) is 0 Å². The quantitative estimate of drug-likeness (QED) is 0.639. The van der Waals surface area contributed by atoms with Gasteiger partial charge in [-0.15, -0.1) is 0 Å². The molecule has 3 heteroatoms. The second-order valence-corrected chi connectivity index (χ2v) is 2.38. The smallest absolute Gasteiger partial charge is 0.122 e. The second-order valence-electron chi connectivity index (χ2n) is 2.38. The van der Waals surface area contributed by atoms with Crippen molar-refractivity contribution in [3.8, 4) is 0 Å². The molecule has 64 valence electrons. The lowest BCUT2D eigenvalue weighted by molar-refractivity contribution is 0.298. The van der Waals surface area contributed by atoms with Crippen molar-refractivity contribution >= 4 is 5.76 Å². The van der Waals surface area contributed by atoms with Crippen molar-refractivity contribution in [2.24, 2.45) is 0 Å². The van der Waals surface area contributed by atoms with Crippen LogP contribution < -0.4 is 0 Å². The number of nitrogens with zero attached hydrogens (tertiary/aromatic N) is 2. The summed E-state index contributed by atoms with van der Waals surface area (Å²) in [7, 11) is 0. The molecule has 0 atom stereocenters. The molecule has 1 aromatic rings. The molecule has 0 aliphatic rings. The molecule has 0 unspecified atom stereocenters. The molecule has 12 heavy (non-hydrogen) atoms. The fraction of sp³-hybridized carbons (Fsp3) is 0.333. The molecule has 0 bridgehead atoms. The average Bonchev–Trinajstić information content (AvgIpc) is 2.05. The Hall–Kier alpha value is -1.38. The summed E-state index contributed by atoms with van der Waals surface area (Å²) in [6, 6.07) is 0. The third-order valence-electron chi connectivity index (χ3n) is 1.53. The zero-order valence-corrected chi connectivity index (χ0v) is 7.37. The third kappa shape index (κ3) is 1.81. The summed E-state index contributed by atoms with van der Waals surface area (Å²) in [5.74, 6) is 0.635. The van der Waals surface area contributed by atoms with Crippen LogP contribution in [0.2, 0.25) is 0 Å². The summed E-state index contributed by atoms with van der Waals surface area (Å²) in [5.41, 5.74) is 1.77. The molecule has 0 aromatic carbocycles. The molecule has 3 nitrogen and oxygen atoms in total. The maximum Gasteiger partial charge on any atom is 0.122 e. The van der Waals surface area contributed by atoms with Crippen LogP contribution in [0.25, 0.3) is 5.76 Å². The molecule has 0 saturated carbocycles. The van der Waals surface area contributed by atoms with Crippen LogP contribution >= 0.6 is 0 Å². The maximum atomic E-state index is 5.23. The van der Waals surface area contributed by atoms with Crippen molar-refractivity contribution in [2.45, 2.75) is 13.8 Å². The molecule has 0 amide bonds. The van der Waals surface area contributed by atoms with Crippen molar-refractivity contribution in [1.82, 2.24) is 9.97 Å². The van der Waals surface area contributed by atoms with Gasteiger partial charge in [-0.2, -0.15) is 0 Å². The minimum atomic E-state index is 0.618. The van der Waals surface area contributed by atoms with Crippen molar-refractivity contribution in [3.63, 3.8) is 0 Å². The molecule has 0 fully saturated rings. The van der Waals surface area contributed by atoms with Crippen LogP contribution in [0.15, 0.2) is 19.1 Å². The Balaban J connectivity index is 2.87. The van der Waals surface area contributed by atoms with E-state index in [1.807, 2.05) is 13.8 Å². The van der Waals surface area contributed by atoms with E-state index in [0.717, 1.165) is 11.3 Å². The zero-order valence-electron chi connectivity index (χ0n) is 7.37. The van der Waals surface area contributed by atoms with Gasteiger partial charge in [-0.05, 0) is 13.8 Å². The van der Waals surface area contributed by atoms with Crippen molar-refractivity contribution in [3.05, 3.63) is 30.4 Å². The van der Waals surface area contributed by atoms with Crippen LogP contribution in [0.3, 0.4) is 0 Å². The van der Waals surface area contributed by atoms with Gasteiger partial charge in [0, 0.05) is 6.20 Å². The van der Waals surface area contributed by atoms with Gasteiger partial charge in [0.05, 0.1) is 17.9 Å². The van der Waals surface area contributed by atoms with Gasteiger partial charge in [0.25, 0.3) is 0 Å². The van der Waals surface area contributed by atoms with Crippen LogP contribution in [0.4, 0.5) is 0 Å². The van der Waals surface area contributed by atoms with Crippen molar-refractivity contribution < 1.29 is 4.74 Å². The number of rotatable bonds is 3. The maximum absolute atomic E-state index is 5.23. The topological polar surface area (TPSA) is 35.0 Å². The van der Waals surface area contributed by atoms with E-state index < -0.39 is 0 Å². The van der Waals surface area contributed by atoms with Crippen LogP contribution in [0.1, 0.15) is 18.2 Å². The van der Waals surface area contributed by atoms with Crippen LogP contribution in [-0.4, -0.2) is 16.6 Å². The van der Waals surface area contributed by atoms with Gasteiger partial charge in [0.1, 0.15) is 12.1 Å². The number of aryl methyl sites for hydroxylation is 1. The van der Waals surface area contributed by atoms with Gasteiger partial charge in [0.15, 0.2) is 0 Å².